The molecule has 0 spiro atoms. The smallest absolute Gasteiger partial charge is 0.367 e. The highest BCUT2D eigenvalue weighted by Gasteiger charge is 2.23. The van der Waals surface area contributed by atoms with Gasteiger partial charge in [-0.1, -0.05) is 30.3 Å². The van der Waals surface area contributed by atoms with Crippen molar-refractivity contribution in [3.8, 4) is 0 Å². The lowest BCUT2D eigenvalue weighted by atomic mass is 10.1. The Morgan fingerprint density at radius 2 is 1.96 bits per heavy atom. The van der Waals surface area contributed by atoms with Gasteiger partial charge in [-0.05, 0) is 39.2 Å². The van der Waals surface area contributed by atoms with Crippen molar-refractivity contribution in [2.75, 3.05) is 0 Å². The standard InChI is InChI=1S/C19H22N2O4S/c1-19(2,3)25-18(24)17-20-11-15(26-17)16(23)21-14(12-22)10-9-13-7-5-4-6-8-13/h4-8,11-12,14H,9-10H2,1-3H3,(H,21,23)/t14-/m0/s1. The number of hydrogen-bond acceptors (Lipinski definition) is 6. The summed E-state index contributed by atoms with van der Waals surface area (Å²) in [6.07, 6.45) is 3.21. The Hall–Kier alpha value is -2.54. The third kappa shape index (κ3) is 6.07. The van der Waals surface area contributed by atoms with E-state index in [0.717, 1.165) is 23.2 Å². The maximum Gasteiger partial charge on any atom is 0.367 e. The molecule has 0 fully saturated rings. The van der Waals surface area contributed by atoms with Crippen LogP contribution < -0.4 is 5.32 Å². The third-order valence-electron chi connectivity index (χ3n) is 3.37. The average Bonchev–Trinajstić information content (AvgIpc) is 3.08. The van der Waals surface area contributed by atoms with E-state index in [1.807, 2.05) is 30.3 Å². The van der Waals surface area contributed by atoms with Crippen molar-refractivity contribution in [2.24, 2.45) is 0 Å². The zero-order valence-electron chi connectivity index (χ0n) is 15.0. The van der Waals surface area contributed by atoms with Crippen LogP contribution >= 0.6 is 11.3 Å². The average molecular weight is 374 g/mol. The van der Waals surface area contributed by atoms with Gasteiger partial charge in [0.2, 0.25) is 5.01 Å². The van der Waals surface area contributed by atoms with Gasteiger partial charge in [-0.15, -0.1) is 11.3 Å². The Morgan fingerprint density at radius 3 is 2.58 bits per heavy atom. The third-order valence-corrected chi connectivity index (χ3v) is 4.35. The van der Waals surface area contributed by atoms with Crippen LogP contribution in [0, 0.1) is 0 Å². The predicted octanol–water partition coefficient (Wildman–Crippen LogP) is 3.03. The Kier molecular flexibility index (Phi) is 6.63. The number of aromatic nitrogens is 1. The van der Waals surface area contributed by atoms with Gasteiger partial charge in [-0.2, -0.15) is 0 Å². The minimum Gasteiger partial charge on any atom is -0.455 e. The first-order valence-electron chi connectivity index (χ1n) is 8.28. The zero-order chi connectivity index (χ0) is 19.2. The van der Waals surface area contributed by atoms with E-state index >= 15 is 0 Å². The molecule has 0 saturated heterocycles. The van der Waals surface area contributed by atoms with Crippen LogP contribution in [0.2, 0.25) is 0 Å². The molecule has 26 heavy (non-hydrogen) atoms. The number of aryl methyl sites for hydroxylation is 1. The summed E-state index contributed by atoms with van der Waals surface area (Å²) in [5.41, 5.74) is 0.462. The molecule has 1 N–H and O–H groups in total. The van der Waals surface area contributed by atoms with Gasteiger partial charge in [0.05, 0.1) is 12.2 Å². The van der Waals surface area contributed by atoms with E-state index in [1.165, 1.54) is 6.20 Å². The predicted molar refractivity (Wildman–Crippen MR) is 99.4 cm³/mol. The number of amides is 1. The van der Waals surface area contributed by atoms with Gasteiger partial charge in [0.25, 0.3) is 5.91 Å². The highest BCUT2D eigenvalue weighted by molar-refractivity contribution is 7.15. The van der Waals surface area contributed by atoms with Crippen LogP contribution in [0.25, 0.3) is 0 Å². The lowest BCUT2D eigenvalue weighted by Crippen LogP contribution is -2.36. The monoisotopic (exact) mass is 374 g/mol. The van der Waals surface area contributed by atoms with Crippen LogP contribution in [0.5, 0.6) is 0 Å². The van der Waals surface area contributed by atoms with Gasteiger partial charge in [-0.25, -0.2) is 9.78 Å². The van der Waals surface area contributed by atoms with Gasteiger partial charge in [0, 0.05) is 0 Å². The second-order valence-electron chi connectivity index (χ2n) is 6.77. The molecule has 1 atom stereocenters. The summed E-state index contributed by atoms with van der Waals surface area (Å²) in [4.78, 5) is 39.7. The van der Waals surface area contributed by atoms with Crippen LogP contribution in [0.15, 0.2) is 36.5 Å². The molecular weight excluding hydrogens is 352 g/mol. The van der Waals surface area contributed by atoms with E-state index in [1.54, 1.807) is 20.8 Å². The highest BCUT2D eigenvalue weighted by atomic mass is 32.1. The fraction of sp³-hybridized carbons (Fsp3) is 0.368. The molecule has 1 heterocycles. The van der Waals surface area contributed by atoms with E-state index < -0.39 is 23.5 Å². The van der Waals surface area contributed by atoms with Crippen molar-refractivity contribution in [2.45, 2.75) is 45.3 Å². The molecule has 1 aromatic heterocycles. The molecule has 7 heteroatoms. The van der Waals surface area contributed by atoms with Crippen molar-refractivity contribution >= 4 is 29.5 Å². The Bertz CT molecular complexity index is 765. The van der Waals surface area contributed by atoms with Crippen molar-refractivity contribution in [1.29, 1.82) is 0 Å². The van der Waals surface area contributed by atoms with E-state index in [-0.39, 0.29) is 9.88 Å². The molecule has 1 aromatic carbocycles. The second-order valence-corrected chi connectivity index (χ2v) is 7.80. The van der Waals surface area contributed by atoms with Crippen LogP contribution in [-0.4, -0.2) is 34.8 Å². The number of benzene rings is 1. The van der Waals surface area contributed by atoms with Crippen molar-refractivity contribution in [3.63, 3.8) is 0 Å². The summed E-state index contributed by atoms with van der Waals surface area (Å²) >= 11 is 0.943. The number of ether oxygens (including phenoxy) is 1. The molecule has 0 aliphatic heterocycles. The van der Waals surface area contributed by atoms with E-state index in [0.29, 0.717) is 12.8 Å². The van der Waals surface area contributed by atoms with Crippen LogP contribution in [0.4, 0.5) is 0 Å². The molecule has 0 unspecified atom stereocenters. The minimum atomic E-state index is -0.634. The van der Waals surface area contributed by atoms with Gasteiger partial charge in [-0.3, -0.25) is 4.79 Å². The number of nitrogens with zero attached hydrogens (tertiary/aromatic N) is 1. The lowest BCUT2D eigenvalue weighted by Gasteiger charge is -2.18. The first-order chi connectivity index (χ1) is 12.3. The molecular formula is C19H22N2O4S. The molecule has 1 amide bonds. The summed E-state index contributed by atoms with van der Waals surface area (Å²) in [7, 11) is 0. The fourth-order valence-electron chi connectivity index (χ4n) is 2.18. The summed E-state index contributed by atoms with van der Waals surface area (Å²) in [6.45, 7) is 5.27. The normalized spacial score (nSPS) is 12.3. The second kappa shape index (κ2) is 8.71. The Labute approximate surface area is 156 Å². The molecule has 2 aromatic rings. The number of carbonyl (C=O) groups excluding carboxylic acids is 3. The molecule has 0 bridgehead atoms. The largest absolute Gasteiger partial charge is 0.455 e. The number of carbonyl (C=O) groups is 3. The van der Waals surface area contributed by atoms with Crippen molar-refractivity contribution < 1.29 is 19.1 Å². The summed E-state index contributed by atoms with van der Waals surface area (Å²) in [5.74, 6) is -1.000. The number of aldehydes is 1. The first-order valence-corrected chi connectivity index (χ1v) is 9.09. The Balaban J connectivity index is 1.93. The van der Waals surface area contributed by atoms with Gasteiger partial charge < -0.3 is 14.8 Å². The topological polar surface area (TPSA) is 85.4 Å². The summed E-state index contributed by atoms with van der Waals surface area (Å²) in [5, 5.41) is 2.77. The molecule has 0 radical (unpaired) electrons. The van der Waals surface area contributed by atoms with Gasteiger partial charge >= 0.3 is 5.97 Å². The van der Waals surface area contributed by atoms with Crippen LogP contribution in [0.1, 0.15) is 52.2 Å². The van der Waals surface area contributed by atoms with E-state index in [9.17, 15) is 14.4 Å². The minimum absolute atomic E-state index is 0.108. The lowest BCUT2D eigenvalue weighted by molar-refractivity contribution is -0.109. The molecule has 6 nitrogen and oxygen atoms in total. The maximum absolute atomic E-state index is 12.3. The fourth-order valence-corrected chi connectivity index (χ4v) is 2.87. The maximum atomic E-state index is 12.3. The van der Waals surface area contributed by atoms with Crippen molar-refractivity contribution in [1.82, 2.24) is 10.3 Å². The number of rotatable bonds is 7. The van der Waals surface area contributed by atoms with E-state index in [4.69, 9.17) is 4.74 Å². The van der Waals surface area contributed by atoms with Gasteiger partial charge in [0.1, 0.15) is 16.8 Å². The molecule has 0 saturated carbocycles. The van der Waals surface area contributed by atoms with Crippen molar-refractivity contribution in [3.05, 3.63) is 52.0 Å². The van der Waals surface area contributed by atoms with Gasteiger partial charge in [0.15, 0.2) is 0 Å². The number of esters is 1. The molecule has 0 aliphatic carbocycles. The molecule has 0 aliphatic rings. The number of thiazole rings is 1. The van der Waals surface area contributed by atoms with E-state index in [2.05, 4.69) is 10.3 Å². The molecule has 138 valence electrons. The quantitative estimate of drug-likeness (QED) is 0.595. The first kappa shape index (κ1) is 19.8. The summed E-state index contributed by atoms with van der Waals surface area (Å²) < 4.78 is 5.23. The highest BCUT2D eigenvalue weighted by Crippen LogP contribution is 2.18. The Morgan fingerprint density at radius 1 is 1.27 bits per heavy atom. The van der Waals surface area contributed by atoms with Crippen LogP contribution in [-0.2, 0) is 16.0 Å². The molecule has 2 rings (SSSR count). The zero-order valence-corrected chi connectivity index (χ0v) is 15.8. The summed E-state index contributed by atoms with van der Waals surface area (Å²) in [6, 6.07) is 9.13. The van der Waals surface area contributed by atoms with Crippen LogP contribution in [0.3, 0.4) is 0 Å². The SMILES string of the molecule is CC(C)(C)OC(=O)c1ncc(C(=O)N[C@H](C=O)CCc2ccccc2)s1. The number of hydrogen-bond donors (Lipinski definition) is 1. The number of nitrogens with one attached hydrogen (secondary N) is 1.